The Morgan fingerprint density at radius 2 is 1.93 bits per heavy atom. The maximum atomic E-state index is 12.9. The normalized spacial score (nSPS) is 20.7. The molecule has 2 aromatic rings. The van der Waals surface area contributed by atoms with Gasteiger partial charge >= 0.3 is 0 Å². The number of hydrogen-bond acceptors (Lipinski definition) is 3. The summed E-state index contributed by atoms with van der Waals surface area (Å²) in [5.74, 6) is -0.0779. The number of fused-ring (bicyclic) bond motifs is 4. The van der Waals surface area contributed by atoms with Gasteiger partial charge in [-0.15, -0.1) is 0 Å². The Kier molecular flexibility index (Phi) is 5.09. The van der Waals surface area contributed by atoms with Gasteiger partial charge in [-0.2, -0.15) is 0 Å². The monoisotopic (exact) mass is 397 g/mol. The summed E-state index contributed by atoms with van der Waals surface area (Å²) >= 11 is 5.44. The first-order valence-electron chi connectivity index (χ1n) is 9.23. The number of aromatic nitrogens is 1. The summed E-state index contributed by atoms with van der Waals surface area (Å²) in [5, 5.41) is 3.14. The lowest BCUT2D eigenvalue weighted by molar-refractivity contribution is -0.115. The molecule has 3 heterocycles. The van der Waals surface area contributed by atoms with Crippen LogP contribution in [0.3, 0.4) is 0 Å². The minimum atomic E-state index is -0.318. The smallest absolute Gasteiger partial charge is 0.250 e. The average Bonchev–Trinajstić information content (AvgIpc) is 2.68. The van der Waals surface area contributed by atoms with Crippen LogP contribution in [0.4, 0.5) is 4.39 Å². The SMILES string of the molecule is O=C(/C=C/c1ccc(F)cc1)NC(=S)N1CC2C[C@@H](C1)Cn1c2cccc1=O. The Hall–Kier alpha value is -2.80. The number of likely N-dealkylation sites (tertiary alicyclic amines) is 1. The topological polar surface area (TPSA) is 54.3 Å². The van der Waals surface area contributed by atoms with Gasteiger partial charge in [0.2, 0.25) is 5.91 Å². The van der Waals surface area contributed by atoms with Gasteiger partial charge in [-0.05, 0) is 54.4 Å². The van der Waals surface area contributed by atoms with Crippen molar-refractivity contribution in [1.82, 2.24) is 14.8 Å². The number of nitrogens with zero attached hydrogens (tertiary/aromatic N) is 2. The maximum absolute atomic E-state index is 12.9. The molecule has 1 N–H and O–H groups in total. The predicted octanol–water partition coefficient (Wildman–Crippen LogP) is 2.52. The molecular formula is C21H20FN3O2S. The first-order chi connectivity index (χ1) is 13.5. The molecule has 1 amide bonds. The Labute approximate surface area is 167 Å². The number of rotatable bonds is 2. The third kappa shape index (κ3) is 3.89. The van der Waals surface area contributed by atoms with Crippen molar-refractivity contribution in [3.63, 3.8) is 0 Å². The zero-order valence-electron chi connectivity index (χ0n) is 15.2. The first-order valence-corrected chi connectivity index (χ1v) is 9.64. The van der Waals surface area contributed by atoms with Gasteiger partial charge in [0.05, 0.1) is 0 Å². The highest BCUT2D eigenvalue weighted by Crippen LogP contribution is 2.34. The van der Waals surface area contributed by atoms with E-state index in [0.29, 0.717) is 24.1 Å². The van der Waals surface area contributed by atoms with Crippen molar-refractivity contribution in [2.24, 2.45) is 5.92 Å². The Morgan fingerprint density at radius 3 is 2.71 bits per heavy atom. The van der Waals surface area contributed by atoms with Gasteiger partial charge in [0.1, 0.15) is 5.82 Å². The highest BCUT2D eigenvalue weighted by molar-refractivity contribution is 7.80. The van der Waals surface area contributed by atoms with Crippen LogP contribution >= 0.6 is 12.2 Å². The van der Waals surface area contributed by atoms with E-state index in [4.69, 9.17) is 12.2 Å². The molecule has 144 valence electrons. The van der Waals surface area contributed by atoms with E-state index in [1.165, 1.54) is 18.2 Å². The van der Waals surface area contributed by atoms with E-state index in [9.17, 15) is 14.0 Å². The van der Waals surface area contributed by atoms with Crippen molar-refractivity contribution < 1.29 is 9.18 Å². The zero-order valence-corrected chi connectivity index (χ0v) is 16.0. The summed E-state index contributed by atoms with van der Waals surface area (Å²) in [5.41, 5.74) is 1.82. The number of benzene rings is 1. The van der Waals surface area contributed by atoms with Crippen LogP contribution in [0.1, 0.15) is 23.6 Å². The molecule has 28 heavy (non-hydrogen) atoms. The number of pyridine rings is 1. The minimum Gasteiger partial charge on any atom is -0.348 e. The molecule has 5 nitrogen and oxygen atoms in total. The van der Waals surface area contributed by atoms with Gasteiger partial charge in [0, 0.05) is 43.4 Å². The second-order valence-electron chi connectivity index (χ2n) is 7.28. The molecule has 1 aromatic heterocycles. The molecule has 1 unspecified atom stereocenters. The molecule has 0 spiro atoms. The minimum absolute atomic E-state index is 0.0439. The zero-order chi connectivity index (χ0) is 19.7. The molecule has 2 bridgehead atoms. The van der Waals surface area contributed by atoms with Gasteiger partial charge in [0.25, 0.3) is 5.56 Å². The van der Waals surface area contributed by atoms with E-state index >= 15 is 0 Å². The van der Waals surface area contributed by atoms with Crippen molar-refractivity contribution in [1.29, 1.82) is 0 Å². The molecule has 2 atom stereocenters. The van der Waals surface area contributed by atoms with Crippen molar-refractivity contribution >= 4 is 29.3 Å². The van der Waals surface area contributed by atoms with E-state index in [2.05, 4.69) is 5.32 Å². The molecule has 0 radical (unpaired) electrons. The molecule has 4 rings (SSSR count). The van der Waals surface area contributed by atoms with Crippen LogP contribution in [0.15, 0.2) is 53.3 Å². The van der Waals surface area contributed by atoms with E-state index in [0.717, 1.165) is 24.2 Å². The highest BCUT2D eigenvalue weighted by atomic mass is 32.1. The third-order valence-corrected chi connectivity index (χ3v) is 5.65. The van der Waals surface area contributed by atoms with Gasteiger partial charge in [-0.1, -0.05) is 18.2 Å². The van der Waals surface area contributed by atoms with Crippen LogP contribution in [0.25, 0.3) is 6.08 Å². The number of piperidine rings is 1. The molecule has 7 heteroatoms. The van der Waals surface area contributed by atoms with Crippen LogP contribution < -0.4 is 10.9 Å². The summed E-state index contributed by atoms with van der Waals surface area (Å²) in [6.07, 6.45) is 4.03. The number of halogens is 1. The van der Waals surface area contributed by atoms with Gasteiger partial charge in [-0.25, -0.2) is 4.39 Å². The van der Waals surface area contributed by atoms with Crippen LogP contribution in [-0.2, 0) is 11.3 Å². The maximum Gasteiger partial charge on any atom is 0.250 e. The quantitative estimate of drug-likeness (QED) is 0.625. The van der Waals surface area contributed by atoms with E-state index < -0.39 is 0 Å². The molecule has 0 saturated carbocycles. The number of nitrogens with one attached hydrogen (secondary N) is 1. The number of carbonyl (C=O) groups is 1. The predicted molar refractivity (Wildman–Crippen MR) is 109 cm³/mol. The largest absolute Gasteiger partial charge is 0.348 e. The fourth-order valence-electron chi connectivity index (χ4n) is 4.03. The molecule has 2 aliphatic rings. The van der Waals surface area contributed by atoms with Crippen molar-refractivity contribution in [2.75, 3.05) is 13.1 Å². The summed E-state index contributed by atoms with van der Waals surface area (Å²) in [6.45, 7) is 2.09. The standard InChI is InChI=1S/C21H20FN3O2S/c22-17-7-4-14(5-8-17)6-9-19(26)23-21(28)24-11-15-10-16(13-24)18-2-1-3-20(27)25(18)12-15/h1-9,15-16H,10-13H2,(H,23,26,28)/b9-6+/t15-,16?/m0/s1. The summed E-state index contributed by atoms with van der Waals surface area (Å²) in [4.78, 5) is 26.3. The lowest BCUT2D eigenvalue weighted by Gasteiger charge is -2.43. The van der Waals surface area contributed by atoms with Crippen molar-refractivity contribution in [2.45, 2.75) is 18.9 Å². The third-order valence-electron chi connectivity index (χ3n) is 5.29. The molecule has 0 aliphatic carbocycles. The summed E-state index contributed by atoms with van der Waals surface area (Å²) < 4.78 is 14.8. The second kappa shape index (κ2) is 7.67. The summed E-state index contributed by atoms with van der Waals surface area (Å²) in [7, 11) is 0. The van der Waals surface area contributed by atoms with E-state index in [1.54, 1.807) is 30.3 Å². The Morgan fingerprint density at radius 1 is 1.14 bits per heavy atom. The number of thiocarbonyl (C=S) groups is 1. The molecule has 1 saturated heterocycles. The number of carbonyl (C=O) groups excluding carboxylic acids is 1. The van der Waals surface area contributed by atoms with Crippen LogP contribution in [0, 0.1) is 11.7 Å². The van der Waals surface area contributed by atoms with E-state index in [-0.39, 0.29) is 23.2 Å². The van der Waals surface area contributed by atoms with E-state index in [1.807, 2.05) is 15.5 Å². The second-order valence-corrected chi connectivity index (χ2v) is 7.67. The van der Waals surface area contributed by atoms with Crippen molar-refractivity contribution in [3.8, 4) is 0 Å². The molecule has 1 aromatic carbocycles. The molecule has 2 aliphatic heterocycles. The van der Waals surface area contributed by atoms with Crippen LogP contribution in [-0.4, -0.2) is 33.6 Å². The van der Waals surface area contributed by atoms with Crippen molar-refractivity contribution in [3.05, 3.63) is 76.0 Å². The fraction of sp³-hybridized carbons (Fsp3) is 0.286. The lowest BCUT2D eigenvalue weighted by Crippen LogP contribution is -2.52. The lowest BCUT2D eigenvalue weighted by atomic mass is 9.83. The van der Waals surface area contributed by atoms with Crippen LogP contribution in [0.2, 0.25) is 0 Å². The van der Waals surface area contributed by atoms with Crippen LogP contribution in [0.5, 0.6) is 0 Å². The summed E-state index contributed by atoms with van der Waals surface area (Å²) in [6, 6.07) is 11.3. The van der Waals surface area contributed by atoms with Gasteiger partial charge in [-0.3, -0.25) is 14.9 Å². The average molecular weight is 397 g/mol. The van der Waals surface area contributed by atoms with Gasteiger partial charge < -0.3 is 9.47 Å². The Balaban J connectivity index is 1.40. The fourth-order valence-corrected chi connectivity index (χ4v) is 4.28. The molecule has 1 fully saturated rings. The number of hydrogen-bond donors (Lipinski definition) is 1. The first kappa shape index (κ1) is 18.6. The highest BCUT2D eigenvalue weighted by Gasteiger charge is 2.35. The van der Waals surface area contributed by atoms with Gasteiger partial charge in [0.15, 0.2) is 5.11 Å². The molecular weight excluding hydrogens is 377 g/mol. The Bertz CT molecular complexity index is 999. The number of amides is 1.